The maximum atomic E-state index is 12.0. The standard InChI is InChI=1S/C11H16N6O2S/c1-11(2,3)16-10-15-8(12)7(20-10)9(18)13-4-6-14-5-19-17-6/h5H,4,12H2,1-3H3,(H,13,18)(H,15,16). The van der Waals surface area contributed by atoms with Gasteiger partial charge in [0.05, 0.1) is 6.54 Å². The Balaban J connectivity index is 2.02. The van der Waals surface area contributed by atoms with E-state index in [1.54, 1.807) is 0 Å². The van der Waals surface area contributed by atoms with E-state index in [9.17, 15) is 4.79 Å². The lowest BCUT2D eigenvalue weighted by Crippen LogP contribution is -2.25. The van der Waals surface area contributed by atoms with Crippen molar-refractivity contribution < 1.29 is 9.32 Å². The second kappa shape index (κ2) is 5.45. The first kappa shape index (κ1) is 14.3. The number of carbonyl (C=O) groups excluding carboxylic acids is 1. The molecule has 8 nitrogen and oxygen atoms in total. The van der Waals surface area contributed by atoms with Crippen LogP contribution in [0, 0.1) is 0 Å². The highest BCUT2D eigenvalue weighted by molar-refractivity contribution is 7.18. The molecule has 0 atom stereocenters. The molecule has 0 aromatic carbocycles. The number of nitrogens with two attached hydrogens (primary N) is 1. The predicted molar refractivity (Wildman–Crippen MR) is 75.4 cm³/mol. The van der Waals surface area contributed by atoms with Crippen LogP contribution < -0.4 is 16.4 Å². The van der Waals surface area contributed by atoms with Gasteiger partial charge in [-0.3, -0.25) is 4.79 Å². The second-order valence-corrected chi connectivity index (χ2v) is 6.14. The van der Waals surface area contributed by atoms with Crippen LogP contribution in [0.25, 0.3) is 0 Å². The zero-order valence-electron chi connectivity index (χ0n) is 11.4. The molecule has 2 aromatic heterocycles. The van der Waals surface area contributed by atoms with Gasteiger partial charge in [0.25, 0.3) is 5.91 Å². The van der Waals surface area contributed by atoms with Crippen LogP contribution in [0.5, 0.6) is 0 Å². The first-order valence-electron chi connectivity index (χ1n) is 5.93. The molecule has 4 N–H and O–H groups in total. The Bertz CT molecular complexity index is 587. The largest absolute Gasteiger partial charge is 0.382 e. The summed E-state index contributed by atoms with van der Waals surface area (Å²) in [5.74, 6) is 0.286. The van der Waals surface area contributed by atoms with Crippen LogP contribution in [-0.2, 0) is 6.54 Å². The third-order valence-corrected chi connectivity index (χ3v) is 3.14. The smallest absolute Gasteiger partial charge is 0.265 e. The lowest BCUT2D eigenvalue weighted by molar-refractivity contribution is 0.0954. The summed E-state index contributed by atoms with van der Waals surface area (Å²) >= 11 is 1.21. The summed E-state index contributed by atoms with van der Waals surface area (Å²) in [7, 11) is 0. The summed E-state index contributed by atoms with van der Waals surface area (Å²) in [4.78, 5) is 20.3. The normalized spacial score (nSPS) is 11.3. The van der Waals surface area contributed by atoms with E-state index in [-0.39, 0.29) is 23.8 Å². The first-order valence-corrected chi connectivity index (χ1v) is 6.75. The fraction of sp³-hybridized carbons (Fsp3) is 0.455. The van der Waals surface area contributed by atoms with Crippen molar-refractivity contribution in [3.05, 3.63) is 17.1 Å². The number of rotatable bonds is 4. The molecule has 0 saturated heterocycles. The number of hydrogen-bond donors (Lipinski definition) is 3. The van der Waals surface area contributed by atoms with E-state index in [1.807, 2.05) is 20.8 Å². The molecule has 0 aliphatic rings. The highest BCUT2D eigenvalue weighted by Crippen LogP contribution is 2.27. The molecule has 1 amide bonds. The highest BCUT2D eigenvalue weighted by Gasteiger charge is 2.19. The third kappa shape index (κ3) is 3.67. The fourth-order valence-electron chi connectivity index (χ4n) is 1.38. The van der Waals surface area contributed by atoms with Crippen molar-refractivity contribution in [3.8, 4) is 0 Å². The summed E-state index contributed by atoms with van der Waals surface area (Å²) in [6.07, 6.45) is 1.20. The molecule has 20 heavy (non-hydrogen) atoms. The average Bonchev–Trinajstić information content (AvgIpc) is 2.93. The van der Waals surface area contributed by atoms with Crippen molar-refractivity contribution in [1.29, 1.82) is 0 Å². The molecule has 2 heterocycles. The van der Waals surface area contributed by atoms with E-state index in [0.29, 0.717) is 15.8 Å². The molecule has 9 heteroatoms. The van der Waals surface area contributed by atoms with Crippen LogP contribution in [0.15, 0.2) is 10.9 Å². The minimum atomic E-state index is -0.313. The maximum absolute atomic E-state index is 12.0. The number of nitrogen functional groups attached to an aromatic ring is 1. The molecule has 2 rings (SSSR count). The summed E-state index contributed by atoms with van der Waals surface area (Å²) < 4.78 is 4.58. The number of anilines is 2. The van der Waals surface area contributed by atoms with Crippen molar-refractivity contribution in [1.82, 2.24) is 20.4 Å². The Morgan fingerprint density at radius 3 is 2.85 bits per heavy atom. The maximum Gasteiger partial charge on any atom is 0.265 e. The van der Waals surface area contributed by atoms with Gasteiger partial charge in [-0.25, -0.2) is 4.98 Å². The number of carbonyl (C=O) groups is 1. The van der Waals surface area contributed by atoms with E-state index in [1.165, 1.54) is 17.7 Å². The lowest BCUT2D eigenvalue weighted by Gasteiger charge is -2.19. The fourth-order valence-corrected chi connectivity index (χ4v) is 2.39. The summed E-state index contributed by atoms with van der Waals surface area (Å²) in [5.41, 5.74) is 5.61. The van der Waals surface area contributed by atoms with Gasteiger partial charge in [0, 0.05) is 5.54 Å². The molecule has 0 bridgehead atoms. The van der Waals surface area contributed by atoms with Crippen LogP contribution >= 0.6 is 11.3 Å². The van der Waals surface area contributed by atoms with Gasteiger partial charge in [-0.05, 0) is 20.8 Å². The quantitative estimate of drug-likeness (QED) is 0.776. The van der Waals surface area contributed by atoms with Crippen LogP contribution in [0.1, 0.15) is 36.3 Å². The number of hydrogen-bond acceptors (Lipinski definition) is 8. The van der Waals surface area contributed by atoms with Gasteiger partial charge in [-0.1, -0.05) is 16.5 Å². The van der Waals surface area contributed by atoms with Gasteiger partial charge >= 0.3 is 0 Å². The molecule has 0 fully saturated rings. The van der Waals surface area contributed by atoms with E-state index in [0.717, 1.165) is 0 Å². The zero-order chi connectivity index (χ0) is 14.8. The van der Waals surface area contributed by atoms with Crippen molar-refractivity contribution in [3.63, 3.8) is 0 Å². The predicted octanol–water partition coefficient (Wildman–Crippen LogP) is 1.25. The van der Waals surface area contributed by atoms with Gasteiger partial charge in [-0.2, -0.15) is 4.98 Å². The van der Waals surface area contributed by atoms with Gasteiger partial charge < -0.3 is 20.9 Å². The Morgan fingerprint density at radius 1 is 1.50 bits per heavy atom. The second-order valence-electron chi connectivity index (χ2n) is 5.14. The van der Waals surface area contributed by atoms with Crippen molar-refractivity contribution in [2.45, 2.75) is 32.9 Å². The number of amides is 1. The molecule has 0 aliphatic carbocycles. The topological polar surface area (TPSA) is 119 Å². The van der Waals surface area contributed by atoms with Crippen LogP contribution in [0.2, 0.25) is 0 Å². The molecular formula is C11H16N6O2S. The Kier molecular flexibility index (Phi) is 3.89. The molecule has 0 spiro atoms. The first-order chi connectivity index (χ1) is 9.35. The summed E-state index contributed by atoms with van der Waals surface area (Å²) in [6.45, 7) is 6.18. The highest BCUT2D eigenvalue weighted by atomic mass is 32.1. The van der Waals surface area contributed by atoms with Gasteiger partial charge in [-0.15, -0.1) is 0 Å². The number of aromatic nitrogens is 3. The molecule has 0 aliphatic heterocycles. The molecule has 0 unspecified atom stereocenters. The summed E-state index contributed by atoms with van der Waals surface area (Å²) in [5, 5.41) is 10.0. The van der Waals surface area contributed by atoms with E-state index < -0.39 is 0 Å². The van der Waals surface area contributed by atoms with Crippen molar-refractivity contribution in [2.24, 2.45) is 0 Å². The SMILES string of the molecule is CC(C)(C)Nc1nc(N)c(C(=O)NCc2ncon2)s1. The monoisotopic (exact) mass is 296 g/mol. The third-order valence-electron chi connectivity index (χ3n) is 2.16. The molecule has 0 saturated carbocycles. The average molecular weight is 296 g/mol. The molecule has 108 valence electrons. The zero-order valence-corrected chi connectivity index (χ0v) is 12.2. The van der Waals surface area contributed by atoms with E-state index >= 15 is 0 Å². The minimum absolute atomic E-state index is 0.150. The van der Waals surface area contributed by atoms with Crippen LogP contribution in [0.4, 0.5) is 10.9 Å². The summed E-state index contributed by atoms with van der Waals surface area (Å²) in [6, 6.07) is 0. The van der Waals surface area contributed by atoms with Gasteiger partial charge in [0.2, 0.25) is 6.39 Å². The van der Waals surface area contributed by atoms with Gasteiger partial charge in [0.15, 0.2) is 11.0 Å². The number of thiazole rings is 1. The van der Waals surface area contributed by atoms with E-state index in [4.69, 9.17) is 5.73 Å². The number of nitrogens with one attached hydrogen (secondary N) is 2. The lowest BCUT2D eigenvalue weighted by atomic mass is 10.1. The van der Waals surface area contributed by atoms with E-state index in [2.05, 4.69) is 30.3 Å². The molecule has 0 radical (unpaired) electrons. The van der Waals surface area contributed by atoms with Crippen LogP contribution in [0.3, 0.4) is 0 Å². The Hall–Kier alpha value is -2.16. The molecular weight excluding hydrogens is 280 g/mol. The Morgan fingerprint density at radius 2 is 2.25 bits per heavy atom. The van der Waals surface area contributed by atoms with Crippen LogP contribution in [-0.4, -0.2) is 26.6 Å². The molecule has 2 aromatic rings. The van der Waals surface area contributed by atoms with Gasteiger partial charge in [0.1, 0.15) is 10.7 Å². The Labute approximate surface area is 119 Å². The number of nitrogens with zero attached hydrogens (tertiary/aromatic N) is 3. The van der Waals surface area contributed by atoms with Crippen molar-refractivity contribution >= 4 is 28.2 Å². The minimum Gasteiger partial charge on any atom is -0.382 e. The van der Waals surface area contributed by atoms with Crippen molar-refractivity contribution in [2.75, 3.05) is 11.1 Å².